The van der Waals surface area contributed by atoms with E-state index in [1.165, 1.54) is 44.1 Å². The SMILES string of the molecule is CC1(c2ccccc2)N=C(N2c3cc(-c4ccc5c(c4)c4ccccc4n5-c4ccccc4)ccc3C3C=CC=CC32C)N=C(c2ccc(-c3ccccc3)cc2)N1. The molecule has 0 saturated carbocycles. The van der Waals surface area contributed by atoms with Crippen molar-refractivity contribution in [2.45, 2.75) is 31.0 Å². The summed E-state index contributed by atoms with van der Waals surface area (Å²) in [5, 5.41) is 6.24. The highest BCUT2D eigenvalue weighted by atomic mass is 15.4. The Labute approximate surface area is 338 Å². The summed E-state index contributed by atoms with van der Waals surface area (Å²) in [6.07, 6.45) is 8.98. The molecule has 0 amide bonds. The van der Waals surface area contributed by atoms with Crippen LogP contribution in [0.3, 0.4) is 0 Å². The third-order valence-corrected chi connectivity index (χ3v) is 12.3. The second-order valence-corrected chi connectivity index (χ2v) is 15.9. The molecule has 1 N–H and O–H groups in total. The summed E-state index contributed by atoms with van der Waals surface area (Å²) >= 11 is 0. The molecule has 3 aliphatic rings. The molecule has 8 aromatic rings. The minimum absolute atomic E-state index is 0.122. The number of allylic oxidation sites excluding steroid dienone is 2. The van der Waals surface area contributed by atoms with Crippen LogP contribution in [0, 0.1) is 0 Å². The predicted molar refractivity (Wildman–Crippen MR) is 241 cm³/mol. The van der Waals surface area contributed by atoms with Gasteiger partial charge in [-0.2, -0.15) is 4.99 Å². The lowest BCUT2D eigenvalue weighted by molar-refractivity contribution is 0.448. The van der Waals surface area contributed by atoms with Crippen LogP contribution in [0.25, 0.3) is 49.7 Å². The van der Waals surface area contributed by atoms with Crippen molar-refractivity contribution in [3.05, 3.63) is 217 Å². The van der Waals surface area contributed by atoms with E-state index in [0.29, 0.717) is 5.96 Å². The number of aromatic nitrogens is 1. The van der Waals surface area contributed by atoms with Gasteiger partial charge in [-0.15, -0.1) is 0 Å². The number of nitrogens with one attached hydrogen (secondary N) is 1. The van der Waals surface area contributed by atoms with Crippen LogP contribution in [0.4, 0.5) is 5.69 Å². The Morgan fingerprint density at radius 1 is 0.552 bits per heavy atom. The molecule has 2 aliphatic heterocycles. The standard InChI is InChI=1S/C53H41N5/c1-52-33-15-14-23-46(52)44-31-29-40(39-30-32-48-45(34-39)43-22-12-13-24-47(43)57(48)42-20-10-5-11-21-42)35-49(44)58(52)51-54-50(55-53(2,56-51)41-18-8-4-9-19-41)38-27-25-37(26-28-38)36-16-6-3-7-17-36/h3-35,46H,1-2H3,(H,54,55,56). The number of hydrogen-bond donors (Lipinski definition) is 1. The molecule has 1 aliphatic carbocycles. The maximum atomic E-state index is 5.53. The van der Waals surface area contributed by atoms with Gasteiger partial charge in [0, 0.05) is 33.6 Å². The van der Waals surface area contributed by atoms with Gasteiger partial charge in [0.25, 0.3) is 0 Å². The normalized spacial score (nSPS) is 20.7. The van der Waals surface area contributed by atoms with E-state index in [1.54, 1.807) is 0 Å². The van der Waals surface area contributed by atoms with E-state index in [9.17, 15) is 0 Å². The molecule has 0 bridgehead atoms. The van der Waals surface area contributed by atoms with E-state index >= 15 is 0 Å². The van der Waals surface area contributed by atoms with Gasteiger partial charge in [0.15, 0.2) is 5.66 Å². The van der Waals surface area contributed by atoms with Crippen LogP contribution in [0.2, 0.25) is 0 Å². The van der Waals surface area contributed by atoms with E-state index in [4.69, 9.17) is 9.98 Å². The summed E-state index contributed by atoms with van der Waals surface area (Å²) in [7, 11) is 0. The summed E-state index contributed by atoms with van der Waals surface area (Å²) in [5.41, 5.74) is 11.5. The number of nitrogens with zero attached hydrogens (tertiary/aromatic N) is 4. The number of hydrogen-bond acceptors (Lipinski definition) is 4. The van der Waals surface area contributed by atoms with Crippen LogP contribution in [0.1, 0.15) is 36.5 Å². The number of amidine groups is 1. The lowest BCUT2D eigenvalue weighted by Crippen LogP contribution is -2.53. The zero-order valence-electron chi connectivity index (χ0n) is 32.4. The fourth-order valence-electron chi connectivity index (χ4n) is 9.33. The molecule has 3 unspecified atom stereocenters. The lowest BCUT2D eigenvalue weighted by atomic mass is 9.80. The van der Waals surface area contributed by atoms with E-state index in [2.05, 4.69) is 229 Å². The number of benzene rings is 7. The first-order valence-corrected chi connectivity index (χ1v) is 20.0. The number of anilines is 1. The van der Waals surface area contributed by atoms with Gasteiger partial charge in [0.05, 0.1) is 16.6 Å². The predicted octanol–water partition coefficient (Wildman–Crippen LogP) is 12.2. The Morgan fingerprint density at radius 2 is 1.17 bits per heavy atom. The quantitative estimate of drug-likeness (QED) is 0.191. The number of rotatable bonds is 5. The van der Waals surface area contributed by atoms with E-state index < -0.39 is 11.2 Å². The Bertz CT molecular complexity index is 2990. The highest BCUT2D eigenvalue weighted by molar-refractivity contribution is 6.14. The van der Waals surface area contributed by atoms with Gasteiger partial charge >= 0.3 is 0 Å². The van der Waals surface area contributed by atoms with Gasteiger partial charge in [0.1, 0.15) is 5.84 Å². The van der Waals surface area contributed by atoms with E-state index in [-0.39, 0.29) is 5.92 Å². The van der Waals surface area contributed by atoms with Crippen molar-refractivity contribution in [2.75, 3.05) is 4.90 Å². The Balaban J connectivity index is 1.06. The highest BCUT2D eigenvalue weighted by Gasteiger charge is 2.50. The van der Waals surface area contributed by atoms with Crippen LogP contribution in [-0.4, -0.2) is 21.9 Å². The average molecular weight is 748 g/mol. The van der Waals surface area contributed by atoms with E-state index in [1.807, 2.05) is 0 Å². The van der Waals surface area contributed by atoms with Crippen molar-refractivity contribution in [1.82, 2.24) is 9.88 Å². The van der Waals surface area contributed by atoms with Crippen LogP contribution < -0.4 is 10.2 Å². The molecule has 5 nitrogen and oxygen atoms in total. The first-order valence-electron chi connectivity index (χ1n) is 20.0. The monoisotopic (exact) mass is 747 g/mol. The Hall–Kier alpha value is -7.24. The molecule has 1 aromatic heterocycles. The molecule has 0 fully saturated rings. The summed E-state index contributed by atoms with van der Waals surface area (Å²) in [6.45, 7) is 4.47. The van der Waals surface area contributed by atoms with Crippen molar-refractivity contribution in [3.63, 3.8) is 0 Å². The van der Waals surface area contributed by atoms with Gasteiger partial charge in [-0.1, -0.05) is 164 Å². The van der Waals surface area contributed by atoms with Gasteiger partial charge in [-0.05, 0) is 83.6 Å². The maximum Gasteiger partial charge on any atom is 0.230 e. The Kier molecular flexibility index (Phi) is 7.73. The van der Waals surface area contributed by atoms with Crippen molar-refractivity contribution in [2.24, 2.45) is 9.98 Å². The number of para-hydroxylation sites is 2. The fourth-order valence-corrected chi connectivity index (χ4v) is 9.33. The Morgan fingerprint density at radius 3 is 1.97 bits per heavy atom. The van der Waals surface area contributed by atoms with Crippen LogP contribution in [0.15, 0.2) is 210 Å². The van der Waals surface area contributed by atoms with Crippen molar-refractivity contribution in [1.29, 1.82) is 0 Å². The lowest BCUT2D eigenvalue weighted by Gasteiger charge is -2.41. The van der Waals surface area contributed by atoms with Crippen LogP contribution in [-0.2, 0) is 5.66 Å². The highest BCUT2D eigenvalue weighted by Crippen LogP contribution is 2.52. The first-order chi connectivity index (χ1) is 28.5. The van der Waals surface area contributed by atoms with Crippen molar-refractivity contribution >= 4 is 39.3 Å². The number of fused-ring (bicyclic) bond motifs is 6. The smallest absolute Gasteiger partial charge is 0.230 e. The zero-order valence-corrected chi connectivity index (χ0v) is 32.4. The molecular weight excluding hydrogens is 707 g/mol. The molecule has 3 heterocycles. The largest absolute Gasteiger partial charge is 0.342 e. The van der Waals surface area contributed by atoms with Crippen molar-refractivity contribution < 1.29 is 0 Å². The summed E-state index contributed by atoms with van der Waals surface area (Å²) < 4.78 is 2.37. The zero-order chi connectivity index (χ0) is 38.8. The fraction of sp³-hybridized carbons (Fsp3) is 0.0943. The number of guanidine groups is 1. The minimum Gasteiger partial charge on any atom is -0.342 e. The van der Waals surface area contributed by atoms with Crippen LogP contribution >= 0.6 is 0 Å². The molecule has 0 spiro atoms. The molecule has 0 radical (unpaired) electrons. The van der Waals surface area contributed by atoms with E-state index in [0.717, 1.165) is 33.9 Å². The third kappa shape index (κ3) is 5.38. The molecule has 278 valence electrons. The summed E-state index contributed by atoms with van der Waals surface area (Å²) in [6, 6.07) is 62.9. The number of aliphatic imine (C=N–C) groups is 2. The van der Waals surface area contributed by atoms with Gasteiger partial charge < -0.3 is 14.8 Å². The molecule has 7 aromatic carbocycles. The van der Waals surface area contributed by atoms with Gasteiger partial charge in [0.2, 0.25) is 5.96 Å². The van der Waals surface area contributed by atoms with Gasteiger partial charge in [-0.25, -0.2) is 4.99 Å². The minimum atomic E-state index is -0.774. The first kappa shape index (κ1) is 34.0. The maximum absolute atomic E-state index is 5.53. The average Bonchev–Trinajstić information content (AvgIpc) is 3.75. The third-order valence-electron chi connectivity index (χ3n) is 12.3. The van der Waals surface area contributed by atoms with Gasteiger partial charge in [-0.3, -0.25) is 0 Å². The molecular formula is C53H41N5. The molecule has 5 heteroatoms. The van der Waals surface area contributed by atoms with Crippen LogP contribution in [0.5, 0.6) is 0 Å². The topological polar surface area (TPSA) is 44.9 Å². The second-order valence-electron chi connectivity index (χ2n) is 15.9. The molecule has 58 heavy (non-hydrogen) atoms. The molecule has 3 atom stereocenters. The molecule has 11 rings (SSSR count). The summed E-state index contributed by atoms with van der Waals surface area (Å²) in [4.78, 5) is 13.3. The molecule has 0 saturated heterocycles. The second kappa shape index (κ2) is 13.2. The van der Waals surface area contributed by atoms with Crippen molar-refractivity contribution in [3.8, 4) is 27.9 Å². The summed E-state index contributed by atoms with van der Waals surface area (Å²) in [5.74, 6) is 1.59.